The van der Waals surface area contributed by atoms with Crippen LogP contribution < -0.4 is 0 Å². The van der Waals surface area contributed by atoms with Crippen molar-refractivity contribution in [3.05, 3.63) is 39.4 Å². The summed E-state index contributed by atoms with van der Waals surface area (Å²) in [5.74, 6) is -0.370. The molecule has 16 heavy (non-hydrogen) atoms. The second-order valence-corrected chi connectivity index (χ2v) is 3.56. The highest BCUT2D eigenvalue weighted by Crippen LogP contribution is 2.29. The molecule has 5 nitrogen and oxygen atoms in total. The number of benzene rings is 1. The van der Waals surface area contributed by atoms with E-state index in [1.807, 2.05) is 0 Å². The number of hydrogen-bond acceptors (Lipinski definition) is 4. The van der Waals surface area contributed by atoms with Gasteiger partial charge in [-0.3, -0.25) is 19.7 Å². The van der Waals surface area contributed by atoms with Gasteiger partial charge in [-0.1, -0.05) is 12.1 Å². The number of hydrogen-bond donors (Lipinski definition) is 0. The van der Waals surface area contributed by atoms with Gasteiger partial charge in [0.15, 0.2) is 12.1 Å². The van der Waals surface area contributed by atoms with E-state index in [0.717, 1.165) is 0 Å². The molecule has 6 heteroatoms. The molecular formula is C10H8ClNO4. The maximum absolute atomic E-state index is 11.1. The van der Waals surface area contributed by atoms with E-state index in [-0.39, 0.29) is 22.6 Å². The Morgan fingerprint density at radius 3 is 2.62 bits per heavy atom. The third-order valence-electron chi connectivity index (χ3n) is 2.06. The van der Waals surface area contributed by atoms with Crippen LogP contribution in [0.15, 0.2) is 18.2 Å². The van der Waals surface area contributed by atoms with E-state index in [9.17, 15) is 19.7 Å². The quantitative estimate of drug-likeness (QED) is 0.351. The van der Waals surface area contributed by atoms with Crippen LogP contribution in [0.1, 0.15) is 28.2 Å². The lowest BCUT2D eigenvalue weighted by Gasteiger charge is -2.08. The smallest absolute Gasteiger partial charge is 0.280 e. The molecule has 0 N–H and O–H groups in total. The fraction of sp³-hybridized carbons (Fsp3) is 0.200. The zero-order valence-corrected chi connectivity index (χ0v) is 9.10. The Morgan fingerprint density at radius 1 is 1.56 bits per heavy atom. The third kappa shape index (κ3) is 2.25. The first-order chi connectivity index (χ1) is 7.49. The van der Waals surface area contributed by atoms with Crippen molar-refractivity contribution in [2.75, 3.05) is 0 Å². The summed E-state index contributed by atoms with van der Waals surface area (Å²) in [4.78, 5) is 31.8. The number of alkyl halides is 1. The van der Waals surface area contributed by atoms with Gasteiger partial charge in [-0.15, -0.1) is 11.6 Å². The van der Waals surface area contributed by atoms with Crippen LogP contribution in [0.2, 0.25) is 0 Å². The third-order valence-corrected chi connectivity index (χ3v) is 2.60. The minimum atomic E-state index is -1.04. The zero-order chi connectivity index (χ0) is 12.3. The van der Waals surface area contributed by atoms with Gasteiger partial charge in [0.25, 0.3) is 5.69 Å². The molecule has 0 saturated heterocycles. The fourth-order valence-electron chi connectivity index (χ4n) is 1.30. The van der Waals surface area contributed by atoms with Crippen LogP contribution in [0.3, 0.4) is 0 Å². The molecule has 1 atom stereocenters. The lowest BCUT2D eigenvalue weighted by atomic mass is 10.0. The van der Waals surface area contributed by atoms with Crippen LogP contribution in [0.5, 0.6) is 0 Å². The van der Waals surface area contributed by atoms with Crippen molar-refractivity contribution in [2.24, 2.45) is 0 Å². The summed E-state index contributed by atoms with van der Waals surface area (Å²) in [6, 6.07) is 4.01. The molecule has 0 saturated carbocycles. The number of Topliss-reactive ketones (excluding diaryl/α,β-unsaturated/α-hetero) is 1. The van der Waals surface area contributed by atoms with Gasteiger partial charge < -0.3 is 0 Å². The SMILES string of the molecule is CC(=O)C(Cl)c1cccc([N+](=O)[O-])c1C=O. The van der Waals surface area contributed by atoms with Gasteiger partial charge in [-0.05, 0) is 12.5 Å². The largest absolute Gasteiger partial charge is 0.298 e. The summed E-state index contributed by atoms with van der Waals surface area (Å²) < 4.78 is 0. The molecule has 0 amide bonds. The Bertz CT molecular complexity index is 458. The van der Waals surface area contributed by atoms with E-state index in [4.69, 9.17) is 11.6 Å². The molecule has 0 radical (unpaired) electrons. The molecule has 0 fully saturated rings. The van der Waals surface area contributed by atoms with Crippen molar-refractivity contribution in [1.82, 2.24) is 0 Å². The van der Waals surface area contributed by atoms with Crippen LogP contribution in [0.4, 0.5) is 5.69 Å². The van der Waals surface area contributed by atoms with Crippen molar-refractivity contribution in [3.63, 3.8) is 0 Å². The first kappa shape index (κ1) is 12.3. The normalized spacial score (nSPS) is 11.9. The van der Waals surface area contributed by atoms with E-state index >= 15 is 0 Å². The second-order valence-electron chi connectivity index (χ2n) is 3.13. The van der Waals surface area contributed by atoms with Gasteiger partial charge >= 0.3 is 0 Å². The molecule has 0 aliphatic carbocycles. The molecule has 0 aliphatic rings. The Morgan fingerprint density at radius 2 is 2.19 bits per heavy atom. The van der Waals surface area contributed by atoms with Crippen molar-refractivity contribution >= 4 is 29.4 Å². The summed E-state index contributed by atoms with van der Waals surface area (Å²) in [5, 5.41) is 9.60. The molecule has 0 aromatic heterocycles. The minimum Gasteiger partial charge on any atom is -0.298 e. The first-order valence-corrected chi connectivity index (χ1v) is 4.79. The average Bonchev–Trinajstić information content (AvgIpc) is 2.26. The molecular weight excluding hydrogens is 234 g/mol. The average molecular weight is 242 g/mol. The highest BCUT2D eigenvalue weighted by Gasteiger charge is 2.23. The van der Waals surface area contributed by atoms with Crippen LogP contribution in [-0.4, -0.2) is 17.0 Å². The summed E-state index contributed by atoms with van der Waals surface area (Å²) in [6.45, 7) is 1.26. The second kappa shape index (κ2) is 4.85. The molecule has 0 heterocycles. The Labute approximate surface area is 96.2 Å². The highest BCUT2D eigenvalue weighted by molar-refractivity contribution is 6.31. The Kier molecular flexibility index (Phi) is 3.73. The van der Waals surface area contributed by atoms with Crippen LogP contribution >= 0.6 is 11.6 Å². The lowest BCUT2D eigenvalue weighted by molar-refractivity contribution is -0.385. The molecule has 84 valence electrons. The number of carbonyl (C=O) groups is 2. The number of nitro groups is 1. The predicted octanol–water partition coefficient (Wildman–Crippen LogP) is 2.28. The maximum Gasteiger partial charge on any atom is 0.280 e. The van der Waals surface area contributed by atoms with Crippen molar-refractivity contribution in [1.29, 1.82) is 0 Å². The standard InChI is InChI=1S/C10H8ClNO4/c1-6(14)10(11)7-3-2-4-9(12(15)16)8(7)5-13/h2-5,10H,1H3. The van der Waals surface area contributed by atoms with E-state index in [2.05, 4.69) is 0 Å². The monoisotopic (exact) mass is 241 g/mol. The van der Waals surface area contributed by atoms with Gasteiger partial charge in [0, 0.05) is 6.07 Å². The number of ketones is 1. The lowest BCUT2D eigenvalue weighted by Crippen LogP contribution is -2.07. The van der Waals surface area contributed by atoms with Gasteiger partial charge in [0.1, 0.15) is 5.38 Å². The number of nitrogens with zero attached hydrogens (tertiary/aromatic N) is 1. The van der Waals surface area contributed by atoms with Gasteiger partial charge in [0.2, 0.25) is 0 Å². The van der Waals surface area contributed by atoms with Crippen molar-refractivity contribution in [2.45, 2.75) is 12.3 Å². The molecule has 0 spiro atoms. The predicted molar refractivity (Wildman–Crippen MR) is 57.8 cm³/mol. The molecule has 1 unspecified atom stereocenters. The topological polar surface area (TPSA) is 77.3 Å². The number of nitro benzene ring substituents is 1. The van der Waals surface area contributed by atoms with Crippen molar-refractivity contribution in [3.8, 4) is 0 Å². The van der Waals surface area contributed by atoms with Crippen LogP contribution in [0.25, 0.3) is 0 Å². The Balaban J connectivity index is 3.40. The van der Waals surface area contributed by atoms with Gasteiger partial charge in [-0.2, -0.15) is 0 Å². The summed E-state index contributed by atoms with van der Waals surface area (Å²) in [5.41, 5.74) is -0.333. The summed E-state index contributed by atoms with van der Waals surface area (Å²) in [6.07, 6.45) is 0.339. The van der Waals surface area contributed by atoms with E-state index in [1.165, 1.54) is 25.1 Å². The van der Waals surface area contributed by atoms with E-state index in [1.54, 1.807) is 0 Å². The first-order valence-electron chi connectivity index (χ1n) is 4.36. The molecule has 1 aromatic rings. The zero-order valence-electron chi connectivity index (χ0n) is 8.34. The van der Waals surface area contributed by atoms with E-state index < -0.39 is 10.3 Å². The Hall–Kier alpha value is -1.75. The highest BCUT2D eigenvalue weighted by atomic mass is 35.5. The fourth-order valence-corrected chi connectivity index (χ4v) is 1.49. The number of carbonyl (C=O) groups excluding carboxylic acids is 2. The van der Waals surface area contributed by atoms with E-state index in [0.29, 0.717) is 6.29 Å². The molecule has 1 aromatic carbocycles. The van der Waals surface area contributed by atoms with Gasteiger partial charge in [-0.25, -0.2) is 0 Å². The number of halogens is 1. The maximum atomic E-state index is 11.1. The van der Waals surface area contributed by atoms with Crippen LogP contribution in [-0.2, 0) is 4.79 Å². The van der Waals surface area contributed by atoms with Crippen molar-refractivity contribution < 1.29 is 14.5 Å². The minimum absolute atomic E-state index is 0.150. The molecule has 0 aliphatic heterocycles. The summed E-state index contributed by atoms with van der Waals surface area (Å²) >= 11 is 5.77. The molecule has 0 bridgehead atoms. The van der Waals surface area contributed by atoms with Gasteiger partial charge in [0.05, 0.1) is 10.5 Å². The number of rotatable bonds is 4. The number of aldehydes is 1. The molecule has 1 rings (SSSR count). The van der Waals surface area contributed by atoms with Crippen LogP contribution in [0, 0.1) is 10.1 Å². The summed E-state index contributed by atoms with van der Waals surface area (Å²) in [7, 11) is 0.